The van der Waals surface area contributed by atoms with E-state index < -0.39 is 16.1 Å². The van der Waals surface area contributed by atoms with Gasteiger partial charge in [-0.15, -0.1) is 45.3 Å². The molecule has 0 amide bonds. The second kappa shape index (κ2) is 22.0. The summed E-state index contributed by atoms with van der Waals surface area (Å²) in [6.07, 6.45) is 22.2. The van der Waals surface area contributed by atoms with Gasteiger partial charge in [0.1, 0.15) is 16.1 Å². The van der Waals surface area contributed by atoms with Crippen LogP contribution >= 0.6 is 45.3 Å². The first kappa shape index (κ1) is 45.3. The largest absolute Gasteiger partial charge is 0.143 e. The van der Waals surface area contributed by atoms with E-state index in [4.69, 9.17) is 0 Å². The highest BCUT2D eigenvalue weighted by molar-refractivity contribution is 7.29. The van der Waals surface area contributed by atoms with Crippen molar-refractivity contribution in [2.24, 2.45) is 23.7 Å². The van der Waals surface area contributed by atoms with Crippen molar-refractivity contribution in [1.82, 2.24) is 0 Å². The zero-order valence-electron chi connectivity index (χ0n) is 36.6. The lowest BCUT2D eigenvalue weighted by Gasteiger charge is -2.35. The van der Waals surface area contributed by atoms with Crippen molar-refractivity contribution in [2.45, 2.75) is 189 Å². The van der Waals surface area contributed by atoms with Crippen LogP contribution in [0.1, 0.15) is 163 Å². The zero-order valence-corrected chi connectivity index (χ0v) is 41.9. The van der Waals surface area contributed by atoms with Gasteiger partial charge in [0.15, 0.2) is 0 Å². The molecule has 4 aromatic heterocycles. The van der Waals surface area contributed by atoms with Crippen molar-refractivity contribution in [1.29, 1.82) is 0 Å². The van der Waals surface area contributed by atoms with Gasteiger partial charge < -0.3 is 0 Å². The molecule has 0 aromatic carbocycles. The molecule has 0 fully saturated rings. The molecule has 0 saturated heterocycles. The van der Waals surface area contributed by atoms with Gasteiger partial charge in [0.25, 0.3) is 0 Å². The van der Waals surface area contributed by atoms with Crippen LogP contribution in [0.3, 0.4) is 0 Å². The number of thiophene rings is 4. The first-order valence-corrected chi connectivity index (χ1v) is 31.4. The molecule has 0 N–H and O–H groups in total. The minimum Gasteiger partial charge on any atom is -0.143 e. The first-order chi connectivity index (χ1) is 26.8. The number of hydrogen-bond acceptors (Lipinski definition) is 4. The molecule has 4 atom stereocenters. The Morgan fingerprint density at radius 2 is 0.745 bits per heavy atom. The SMILES string of the molecule is CCCCC(CC)C[Si]1(CC(CC)CCCC)c2ccsc2-c2sc(C)cc21.CCCCC(CC)C[Si]1(CC(CC)CCCC)c2ccsc2-c2sccc21. The van der Waals surface area contributed by atoms with E-state index in [1.54, 1.807) is 19.5 Å². The van der Waals surface area contributed by atoms with Gasteiger partial charge in [-0.25, -0.2) is 0 Å². The van der Waals surface area contributed by atoms with Crippen LogP contribution in [0.15, 0.2) is 40.4 Å². The Hall–Kier alpha value is -0.766. The summed E-state index contributed by atoms with van der Waals surface area (Å²) in [5.41, 5.74) is 0. The molecule has 2 aliphatic rings. The monoisotopic (exact) mass is 850 g/mol. The highest BCUT2D eigenvalue weighted by Gasteiger charge is 2.50. The van der Waals surface area contributed by atoms with Crippen molar-refractivity contribution in [3.8, 4) is 19.5 Å². The van der Waals surface area contributed by atoms with Crippen molar-refractivity contribution in [3.05, 3.63) is 45.3 Å². The summed E-state index contributed by atoms with van der Waals surface area (Å²) >= 11 is 8.12. The van der Waals surface area contributed by atoms with Gasteiger partial charge in [0, 0.05) is 24.4 Å². The number of rotatable bonds is 24. The molecule has 0 spiro atoms. The summed E-state index contributed by atoms with van der Waals surface area (Å²) in [5, 5.41) is 14.5. The molecule has 0 radical (unpaired) electrons. The minimum atomic E-state index is -1.65. The second-order valence-corrected chi connectivity index (χ2v) is 29.9. The minimum absolute atomic E-state index is 0.911. The smallest absolute Gasteiger partial charge is 0.122 e. The average Bonchev–Trinajstić information content (AvgIpc) is 4.06. The van der Waals surface area contributed by atoms with Gasteiger partial charge in [-0.05, 0) is 97.7 Å². The van der Waals surface area contributed by atoms with Crippen molar-refractivity contribution in [3.63, 3.8) is 0 Å². The zero-order chi connectivity index (χ0) is 39.4. The van der Waals surface area contributed by atoms with Gasteiger partial charge in [-0.1, -0.05) is 176 Å². The van der Waals surface area contributed by atoms with E-state index in [0.717, 1.165) is 23.7 Å². The van der Waals surface area contributed by atoms with Crippen LogP contribution in [0.2, 0.25) is 24.2 Å². The maximum Gasteiger partial charge on any atom is 0.122 e. The lowest BCUT2D eigenvalue weighted by Crippen LogP contribution is -2.56. The number of fused-ring (bicyclic) bond motifs is 6. The topological polar surface area (TPSA) is 0 Å². The van der Waals surface area contributed by atoms with Crippen LogP contribution in [0.4, 0.5) is 0 Å². The maximum atomic E-state index is 2.62. The molecule has 0 nitrogen and oxygen atoms in total. The highest BCUT2D eigenvalue weighted by atomic mass is 32.1. The van der Waals surface area contributed by atoms with E-state index in [9.17, 15) is 0 Å². The fourth-order valence-corrected chi connectivity index (χ4v) is 30.8. The Labute approximate surface area is 357 Å². The maximum absolute atomic E-state index is 2.62. The van der Waals surface area contributed by atoms with Crippen LogP contribution in [0.25, 0.3) is 19.5 Å². The van der Waals surface area contributed by atoms with Gasteiger partial charge in [-0.2, -0.15) is 0 Å². The van der Waals surface area contributed by atoms with Gasteiger partial charge in [0.05, 0.1) is 0 Å². The Morgan fingerprint density at radius 1 is 0.436 bits per heavy atom. The highest BCUT2D eigenvalue weighted by Crippen LogP contribution is 2.45. The predicted octanol–water partition coefficient (Wildman–Crippen LogP) is 15.9. The molecule has 0 bridgehead atoms. The lowest BCUT2D eigenvalue weighted by molar-refractivity contribution is 0.469. The molecule has 2 aliphatic heterocycles. The molecule has 6 heteroatoms. The van der Waals surface area contributed by atoms with Crippen molar-refractivity contribution < 1.29 is 0 Å². The van der Waals surface area contributed by atoms with E-state index in [1.165, 1.54) is 132 Å². The molecule has 4 unspecified atom stereocenters. The Balaban J connectivity index is 0.000000211. The van der Waals surface area contributed by atoms with Crippen molar-refractivity contribution in [2.75, 3.05) is 0 Å². The number of hydrogen-bond donors (Lipinski definition) is 0. The summed E-state index contributed by atoms with van der Waals surface area (Å²) in [6.45, 7) is 21.5. The fourth-order valence-electron chi connectivity index (χ4n) is 10.7. The molecule has 6 heterocycles. The predicted molar refractivity (Wildman–Crippen MR) is 262 cm³/mol. The summed E-state index contributed by atoms with van der Waals surface area (Å²) in [5.74, 6) is 3.65. The fraction of sp³-hybridized carbons (Fsp3) is 0.673. The van der Waals surface area contributed by atoms with Crippen LogP contribution in [-0.2, 0) is 0 Å². The standard InChI is InChI=1S/C25H40S2Si.C24H38S2Si/c1-6-10-12-20(8-3)17-28(18-21(9-4)13-11-7-2)22-14-15-26-24(22)25-23(28)16-19(5)27-25;1-5-9-11-19(7-3)17-27(18-20(8-4)12-10-6-2)21-13-15-25-23(21)24-22(27)14-16-26-24/h14-16,20-21H,6-13,17-18H2,1-5H3;13-16,19-20H,5-12,17-18H2,1-4H3. The molecule has 0 saturated carbocycles. The third-order valence-electron chi connectivity index (χ3n) is 14.0. The molecule has 0 aliphatic carbocycles. The summed E-state index contributed by atoms with van der Waals surface area (Å²) in [7, 11) is -3.26. The van der Waals surface area contributed by atoms with E-state index in [0.29, 0.717) is 0 Å². The van der Waals surface area contributed by atoms with Crippen LogP contribution in [0.5, 0.6) is 0 Å². The quantitative estimate of drug-likeness (QED) is 0.0616. The Kier molecular flexibility index (Phi) is 18.1. The third kappa shape index (κ3) is 10.2. The lowest BCUT2D eigenvalue weighted by atomic mass is 10.0. The van der Waals surface area contributed by atoms with Crippen LogP contribution in [-0.4, -0.2) is 16.1 Å². The molecule has 6 rings (SSSR count). The van der Waals surface area contributed by atoms with Crippen molar-refractivity contribution >= 4 is 82.2 Å². The van der Waals surface area contributed by atoms with Gasteiger partial charge in [-0.3, -0.25) is 0 Å². The van der Waals surface area contributed by atoms with E-state index in [2.05, 4.69) is 114 Å². The summed E-state index contributed by atoms with van der Waals surface area (Å²) in [4.78, 5) is 8.18. The Morgan fingerprint density at radius 3 is 1.05 bits per heavy atom. The number of aryl methyl sites for hydroxylation is 1. The van der Waals surface area contributed by atoms with E-state index >= 15 is 0 Å². The van der Waals surface area contributed by atoms with Crippen LogP contribution in [0, 0.1) is 30.6 Å². The molecule has 4 aromatic rings. The van der Waals surface area contributed by atoms with E-state index in [1.807, 2.05) is 54.8 Å². The molecular formula is C49H78S4Si2. The van der Waals surface area contributed by atoms with E-state index in [-0.39, 0.29) is 0 Å². The Bertz CT molecular complexity index is 1610. The van der Waals surface area contributed by atoms with Gasteiger partial charge in [0.2, 0.25) is 0 Å². The average molecular weight is 852 g/mol. The first-order valence-electron chi connectivity index (χ1n) is 23.1. The molecule has 55 heavy (non-hydrogen) atoms. The summed E-state index contributed by atoms with van der Waals surface area (Å²) in [6, 6.07) is 16.2. The summed E-state index contributed by atoms with van der Waals surface area (Å²) < 4.78 is 0. The van der Waals surface area contributed by atoms with Gasteiger partial charge >= 0.3 is 0 Å². The van der Waals surface area contributed by atoms with Crippen LogP contribution < -0.4 is 20.7 Å². The third-order valence-corrected chi connectivity index (χ3v) is 29.8. The molecular weight excluding hydrogens is 773 g/mol. The molecule has 306 valence electrons. The number of unbranched alkanes of at least 4 members (excludes halogenated alkanes) is 4. The second-order valence-electron chi connectivity index (χ2n) is 17.7. The normalized spacial score (nSPS) is 18.6.